The van der Waals surface area contributed by atoms with Gasteiger partial charge in [0.25, 0.3) is 0 Å². The molecule has 0 spiro atoms. The van der Waals surface area contributed by atoms with Crippen molar-refractivity contribution >= 4 is 17.9 Å². The highest BCUT2D eigenvalue weighted by atomic mass is 16.4. The lowest BCUT2D eigenvalue weighted by Gasteiger charge is -2.23. The zero-order chi connectivity index (χ0) is 16.0. The normalized spacial score (nSPS) is 10.7. The molecule has 7 nitrogen and oxygen atoms in total. The first-order valence-electron chi connectivity index (χ1n) is 6.59. The first kappa shape index (κ1) is 20.3. The Kier molecular flexibility index (Phi) is 13.6. The van der Waals surface area contributed by atoms with Crippen molar-refractivity contribution in [1.29, 1.82) is 0 Å². The average molecular weight is 287 g/mol. The van der Waals surface area contributed by atoms with E-state index in [2.05, 4.69) is 42.9 Å². The highest BCUT2D eigenvalue weighted by Gasteiger charge is 2.03. The summed E-state index contributed by atoms with van der Waals surface area (Å²) in [6.07, 6.45) is 1.12. The Balaban J connectivity index is 0. The number of aliphatic imine (C=N–C) groups is 1. The fourth-order valence-electron chi connectivity index (χ4n) is 1.24. The number of hydrogen-bond acceptors (Lipinski definition) is 3. The first-order chi connectivity index (χ1) is 9.42. The third-order valence-electron chi connectivity index (χ3n) is 2.07. The minimum Gasteiger partial charge on any atom is -0.478 e. The van der Waals surface area contributed by atoms with Crippen LogP contribution in [-0.2, 0) is 9.59 Å². The summed E-state index contributed by atoms with van der Waals surface area (Å²) < 4.78 is 0. The molecule has 0 bridgehead atoms. The maximum Gasteiger partial charge on any atom is 0.328 e. The van der Waals surface area contributed by atoms with Crippen LogP contribution >= 0.6 is 0 Å². The molecule has 0 saturated carbocycles. The quantitative estimate of drug-likeness (QED) is 0.383. The van der Waals surface area contributed by atoms with Gasteiger partial charge in [-0.25, -0.2) is 9.59 Å². The lowest BCUT2D eigenvalue weighted by molar-refractivity contribution is -0.134. The molecule has 0 radical (unpaired) electrons. The van der Waals surface area contributed by atoms with Crippen LogP contribution in [-0.4, -0.2) is 59.2 Å². The monoisotopic (exact) mass is 287 g/mol. The third kappa shape index (κ3) is 12.4. The van der Waals surface area contributed by atoms with E-state index in [1.54, 1.807) is 0 Å². The number of carboxylic acid groups (broad SMARTS) is 2. The van der Waals surface area contributed by atoms with Gasteiger partial charge in [0.2, 0.25) is 0 Å². The zero-order valence-corrected chi connectivity index (χ0v) is 12.6. The largest absolute Gasteiger partial charge is 0.478 e. The van der Waals surface area contributed by atoms with E-state index in [1.165, 1.54) is 0 Å². The highest BCUT2D eigenvalue weighted by Crippen LogP contribution is 1.89. The first-order valence-corrected chi connectivity index (χ1v) is 6.59. The van der Waals surface area contributed by atoms with E-state index in [1.807, 2.05) is 0 Å². The van der Waals surface area contributed by atoms with Crippen molar-refractivity contribution < 1.29 is 19.8 Å². The molecule has 3 N–H and O–H groups in total. The lowest BCUT2D eigenvalue weighted by Crippen LogP contribution is -2.41. The summed E-state index contributed by atoms with van der Waals surface area (Å²) in [4.78, 5) is 25.7. The summed E-state index contributed by atoms with van der Waals surface area (Å²) in [5.41, 5.74) is 0. The fraction of sp³-hybridized carbons (Fsp3) is 0.615. The maximum absolute atomic E-state index is 9.55. The van der Waals surface area contributed by atoms with Gasteiger partial charge in [-0.1, -0.05) is 0 Å². The van der Waals surface area contributed by atoms with E-state index in [9.17, 15) is 9.59 Å². The Bertz CT molecular complexity index is 321. The number of guanidine groups is 1. The number of carbonyl (C=O) groups is 2. The van der Waals surface area contributed by atoms with Crippen LogP contribution in [0.4, 0.5) is 0 Å². The Morgan fingerprint density at radius 3 is 1.75 bits per heavy atom. The molecular formula is C13H25N3O4. The van der Waals surface area contributed by atoms with Crippen LogP contribution in [0.1, 0.15) is 27.7 Å². The fourth-order valence-corrected chi connectivity index (χ4v) is 1.24. The topological polar surface area (TPSA) is 102 Å². The number of aliphatic carboxylic acids is 2. The standard InChI is InChI=1S/C9H21N3.C4H4O4/c1-5-10-9(11-6-2)12(7-3)8-4;5-3(6)1-2-4(7)8/h5-8H2,1-4H3,(H,10,11);1-2H,(H,5,6)(H,7,8)/b;2-1-. The number of nitrogens with one attached hydrogen (secondary N) is 1. The van der Waals surface area contributed by atoms with Gasteiger partial charge in [-0.15, -0.1) is 0 Å². The maximum atomic E-state index is 9.55. The van der Waals surface area contributed by atoms with E-state index in [0.29, 0.717) is 12.2 Å². The summed E-state index contributed by atoms with van der Waals surface area (Å²) in [5, 5.41) is 18.9. The molecule has 0 amide bonds. The van der Waals surface area contributed by atoms with E-state index in [0.717, 1.165) is 32.1 Å². The molecule has 20 heavy (non-hydrogen) atoms. The van der Waals surface area contributed by atoms with Crippen molar-refractivity contribution in [2.45, 2.75) is 27.7 Å². The van der Waals surface area contributed by atoms with Gasteiger partial charge in [-0.2, -0.15) is 0 Å². The summed E-state index contributed by atoms with van der Waals surface area (Å²) in [5.74, 6) is -1.48. The molecule has 0 atom stereocenters. The molecule has 0 aromatic rings. The molecule has 0 aromatic carbocycles. The smallest absolute Gasteiger partial charge is 0.328 e. The molecule has 0 saturated heterocycles. The van der Waals surface area contributed by atoms with Crippen molar-refractivity contribution in [1.82, 2.24) is 10.2 Å². The predicted molar refractivity (Wildman–Crippen MR) is 79.0 cm³/mol. The Hall–Kier alpha value is -2.05. The van der Waals surface area contributed by atoms with Gasteiger partial charge in [0, 0.05) is 38.3 Å². The third-order valence-corrected chi connectivity index (χ3v) is 2.07. The minimum atomic E-state index is -1.26. The Morgan fingerprint density at radius 2 is 1.50 bits per heavy atom. The van der Waals surface area contributed by atoms with Gasteiger partial charge in [0.05, 0.1) is 0 Å². The summed E-state index contributed by atoms with van der Waals surface area (Å²) in [7, 11) is 0. The Labute approximate surface area is 120 Å². The van der Waals surface area contributed by atoms with Crippen LogP contribution in [0.5, 0.6) is 0 Å². The van der Waals surface area contributed by atoms with Crippen LogP contribution in [0.2, 0.25) is 0 Å². The van der Waals surface area contributed by atoms with E-state index in [4.69, 9.17) is 10.2 Å². The van der Waals surface area contributed by atoms with Gasteiger partial charge < -0.3 is 20.4 Å². The number of hydrogen-bond donors (Lipinski definition) is 3. The number of rotatable bonds is 6. The molecule has 0 rings (SSSR count). The van der Waals surface area contributed by atoms with Crippen LogP contribution < -0.4 is 5.32 Å². The van der Waals surface area contributed by atoms with Crippen molar-refractivity contribution in [2.24, 2.45) is 4.99 Å². The molecular weight excluding hydrogens is 262 g/mol. The van der Waals surface area contributed by atoms with Crippen molar-refractivity contribution in [3.63, 3.8) is 0 Å². The molecule has 0 aliphatic heterocycles. The van der Waals surface area contributed by atoms with Crippen molar-refractivity contribution in [3.05, 3.63) is 12.2 Å². The number of nitrogens with zero attached hydrogens (tertiary/aromatic N) is 2. The Morgan fingerprint density at radius 1 is 1.05 bits per heavy atom. The molecule has 0 aliphatic rings. The summed E-state index contributed by atoms with van der Waals surface area (Å²) in [6, 6.07) is 0. The van der Waals surface area contributed by atoms with Gasteiger partial charge >= 0.3 is 11.9 Å². The second-order valence-electron chi connectivity index (χ2n) is 3.51. The van der Waals surface area contributed by atoms with Crippen LogP contribution in [0.15, 0.2) is 17.1 Å². The van der Waals surface area contributed by atoms with Crippen LogP contribution in [0.25, 0.3) is 0 Å². The predicted octanol–water partition coefficient (Wildman–Crippen LogP) is 1.03. The summed E-state index contributed by atoms with van der Waals surface area (Å²) in [6.45, 7) is 12.3. The highest BCUT2D eigenvalue weighted by molar-refractivity contribution is 5.89. The lowest BCUT2D eigenvalue weighted by atomic mass is 10.5. The second-order valence-corrected chi connectivity index (χ2v) is 3.51. The van der Waals surface area contributed by atoms with E-state index < -0.39 is 11.9 Å². The molecule has 116 valence electrons. The molecule has 0 aromatic heterocycles. The SMILES string of the molecule is CCN=C(NCC)N(CC)CC.O=C(O)/C=C\C(=O)O. The van der Waals surface area contributed by atoms with Crippen molar-refractivity contribution in [2.75, 3.05) is 26.2 Å². The molecule has 0 unspecified atom stereocenters. The van der Waals surface area contributed by atoms with Crippen LogP contribution in [0, 0.1) is 0 Å². The van der Waals surface area contributed by atoms with Gasteiger partial charge in [-0.05, 0) is 27.7 Å². The zero-order valence-electron chi connectivity index (χ0n) is 12.6. The van der Waals surface area contributed by atoms with Gasteiger partial charge in [-0.3, -0.25) is 4.99 Å². The summed E-state index contributed by atoms with van der Waals surface area (Å²) >= 11 is 0. The number of carboxylic acids is 2. The molecule has 0 aliphatic carbocycles. The average Bonchev–Trinajstić information content (AvgIpc) is 2.39. The van der Waals surface area contributed by atoms with E-state index in [-0.39, 0.29) is 0 Å². The van der Waals surface area contributed by atoms with Crippen molar-refractivity contribution in [3.8, 4) is 0 Å². The minimum absolute atomic E-state index is 0.558. The van der Waals surface area contributed by atoms with E-state index >= 15 is 0 Å². The van der Waals surface area contributed by atoms with Gasteiger partial charge in [0.1, 0.15) is 0 Å². The van der Waals surface area contributed by atoms with Crippen LogP contribution in [0.3, 0.4) is 0 Å². The molecule has 0 heterocycles. The van der Waals surface area contributed by atoms with Gasteiger partial charge in [0.15, 0.2) is 5.96 Å². The molecule has 0 fully saturated rings. The second kappa shape index (κ2) is 13.4. The molecule has 7 heteroatoms.